The van der Waals surface area contributed by atoms with E-state index in [9.17, 15) is 9.18 Å². The molecule has 1 N–H and O–H groups in total. The molecule has 0 saturated carbocycles. The van der Waals surface area contributed by atoms with Crippen LogP contribution in [-0.4, -0.2) is 23.9 Å². The van der Waals surface area contributed by atoms with Gasteiger partial charge in [0.2, 0.25) is 0 Å². The minimum absolute atomic E-state index is 0.0787. The van der Waals surface area contributed by atoms with Crippen molar-refractivity contribution in [1.82, 2.24) is 0 Å². The topological polar surface area (TPSA) is 46.5 Å². The molecule has 1 atom stereocenters. The highest BCUT2D eigenvalue weighted by molar-refractivity contribution is 9.11. The van der Waals surface area contributed by atoms with Crippen LogP contribution in [0.3, 0.4) is 0 Å². The lowest BCUT2D eigenvalue weighted by Gasteiger charge is -2.24. The maximum atomic E-state index is 12.7. The van der Waals surface area contributed by atoms with Crippen LogP contribution in [0.2, 0.25) is 0 Å². The summed E-state index contributed by atoms with van der Waals surface area (Å²) >= 11 is 6.59. The first-order valence-electron chi connectivity index (χ1n) is 5.69. The van der Waals surface area contributed by atoms with E-state index in [1.54, 1.807) is 12.1 Å². The molecule has 2 rings (SSSR count). The normalized spacial score (nSPS) is 16.5. The number of alkyl halides is 1. The van der Waals surface area contributed by atoms with Gasteiger partial charge in [-0.25, -0.2) is 9.18 Å². The van der Waals surface area contributed by atoms with E-state index in [0.29, 0.717) is 15.8 Å². The summed E-state index contributed by atoms with van der Waals surface area (Å²) in [6, 6.07) is 3.48. The van der Waals surface area contributed by atoms with Gasteiger partial charge in [-0.1, -0.05) is 29.8 Å². The average molecular weight is 396 g/mol. The summed E-state index contributed by atoms with van der Waals surface area (Å²) in [6.07, 6.45) is 0.374. The molecule has 3 nitrogen and oxygen atoms in total. The molecular formula is C13H13Br2FO3. The Hall–Kier alpha value is -0.880. The molecule has 6 heteroatoms. The van der Waals surface area contributed by atoms with Crippen molar-refractivity contribution in [2.75, 3.05) is 6.67 Å². The summed E-state index contributed by atoms with van der Waals surface area (Å²) in [6.45, 7) is 3.13. The van der Waals surface area contributed by atoms with Crippen LogP contribution < -0.4 is 4.74 Å². The molecule has 1 aliphatic rings. The van der Waals surface area contributed by atoms with Gasteiger partial charge in [-0.05, 0) is 34.1 Å². The second-order valence-electron chi connectivity index (χ2n) is 3.47. The summed E-state index contributed by atoms with van der Waals surface area (Å²) in [7, 11) is 0. The number of ether oxygens (including phenoxy) is 1. The minimum atomic E-state index is -1.17. The lowest BCUT2D eigenvalue weighted by molar-refractivity contribution is -0.133. The molecule has 0 fully saturated rings. The van der Waals surface area contributed by atoms with Crippen molar-refractivity contribution >= 4 is 43.9 Å². The van der Waals surface area contributed by atoms with E-state index in [1.807, 2.05) is 13.8 Å². The number of halogens is 3. The van der Waals surface area contributed by atoms with E-state index in [1.165, 1.54) is 6.08 Å². The molecule has 1 aromatic rings. The highest BCUT2D eigenvalue weighted by atomic mass is 79.9. The first kappa shape index (κ1) is 16.2. The van der Waals surface area contributed by atoms with Gasteiger partial charge in [0.1, 0.15) is 12.4 Å². The lowest BCUT2D eigenvalue weighted by atomic mass is 10.0. The van der Waals surface area contributed by atoms with E-state index < -0.39 is 18.7 Å². The zero-order valence-electron chi connectivity index (χ0n) is 10.4. The quantitative estimate of drug-likeness (QED) is 0.805. The fraction of sp³-hybridized carbons (Fsp3) is 0.308. The molecule has 0 aliphatic carbocycles. The summed E-state index contributed by atoms with van der Waals surface area (Å²) < 4.78 is 19.5. The Bertz CT molecular complexity index is 515. The number of hydrogen-bond donors (Lipinski definition) is 1. The zero-order chi connectivity index (χ0) is 14.6. The van der Waals surface area contributed by atoms with Crippen molar-refractivity contribution in [3.8, 4) is 5.75 Å². The maximum Gasteiger partial charge on any atom is 0.335 e. The third-order valence-corrected chi connectivity index (χ3v) is 3.39. The third-order valence-electron chi connectivity index (χ3n) is 2.34. The largest absolute Gasteiger partial charge is 0.481 e. The van der Waals surface area contributed by atoms with Gasteiger partial charge in [-0.2, -0.15) is 0 Å². The first-order valence-corrected chi connectivity index (χ1v) is 7.28. The summed E-state index contributed by atoms with van der Waals surface area (Å²) in [5.41, 5.74) is 0.526. The third kappa shape index (κ3) is 3.57. The molecule has 0 spiro atoms. The number of fused-ring (bicyclic) bond motifs is 1. The molecule has 1 unspecified atom stereocenters. The smallest absolute Gasteiger partial charge is 0.335 e. The zero-order valence-corrected chi connectivity index (χ0v) is 13.6. The van der Waals surface area contributed by atoms with E-state index in [4.69, 9.17) is 9.84 Å². The molecule has 0 aromatic heterocycles. The van der Waals surface area contributed by atoms with Gasteiger partial charge in [0.15, 0.2) is 6.10 Å². The van der Waals surface area contributed by atoms with E-state index in [0.717, 1.165) is 4.47 Å². The van der Waals surface area contributed by atoms with Crippen LogP contribution in [0, 0.1) is 0 Å². The molecule has 1 aromatic carbocycles. The van der Waals surface area contributed by atoms with Gasteiger partial charge in [-0.3, -0.25) is 0 Å². The second kappa shape index (κ2) is 7.05. The van der Waals surface area contributed by atoms with Gasteiger partial charge in [0.25, 0.3) is 0 Å². The molecular weight excluding hydrogens is 383 g/mol. The predicted molar refractivity (Wildman–Crippen MR) is 79.2 cm³/mol. The number of rotatable bonds is 2. The molecule has 19 heavy (non-hydrogen) atoms. The molecule has 1 heterocycles. The second-order valence-corrected chi connectivity index (χ2v) is 5.24. The van der Waals surface area contributed by atoms with Crippen molar-refractivity contribution in [2.45, 2.75) is 20.0 Å². The number of benzene rings is 1. The highest BCUT2D eigenvalue weighted by Gasteiger charge is 2.28. The fourth-order valence-corrected chi connectivity index (χ4v) is 2.94. The van der Waals surface area contributed by atoms with Gasteiger partial charge in [0.05, 0.1) is 10.0 Å². The number of hydrogen-bond acceptors (Lipinski definition) is 2. The Balaban J connectivity index is 0.000000861. The molecule has 104 valence electrons. The molecule has 0 radical (unpaired) electrons. The lowest BCUT2D eigenvalue weighted by Crippen LogP contribution is -2.29. The summed E-state index contributed by atoms with van der Waals surface area (Å²) in [5, 5.41) is 8.97. The number of carboxylic acids is 1. The maximum absolute atomic E-state index is 12.7. The molecule has 0 amide bonds. The van der Waals surface area contributed by atoms with Crippen molar-refractivity contribution in [3.05, 3.63) is 32.2 Å². The van der Waals surface area contributed by atoms with E-state index in [-0.39, 0.29) is 5.57 Å². The van der Waals surface area contributed by atoms with Crippen molar-refractivity contribution in [2.24, 2.45) is 0 Å². The number of carbonyl (C=O) groups is 1. The van der Waals surface area contributed by atoms with Crippen LogP contribution >= 0.6 is 31.9 Å². The van der Waals surface area contributed by atoms with Crippen molar-refractivity contribution in [3.63, 3.8) is 0 Å². The summed E-state index contributed by atoms with van der Waals surface area (Å²) in [5.74, 6) is -0.713. The van der Waals surface area contributed by atoms with Crippen molar-refractivity contribution < 1.29 is 19.0 Å². The summed E-state index contributed by atoms with van der Waals surface area (Å²) in [4.78, 5) is 11.0. The Kier molecular flexibility index (Phi) is 6.00. The van der Waals surface area contributed by atoms with Crippen LogP contribution in [-0.2, 0) is 4.79 Å². The Morgan fingerprint density at radius 1 is 1.42 bits per heavy atom. The van der Waals surface area contributed by atoms with Gasteiger partial charge in [0, 0.05) is 10.0 Å². The SMILES string of the molecule is CC.O=C(O)C1=Cc2cc(Br)cc(Br)c2OC1CF. The highest BCUT2D eigenvalue weighted by Crippen LogP contribution is 2.38. The van der Waals surface area contributed by atoms with Crippen molar-refractivity contribution in [1.29, 1.82) is 0 Å². The molecule has 1 aliphatic heterocycles. The fourth-order valence-electron chi connectivity index (χ4n) is 1.59. The van der Waals surface area contributed by atoms with Gasteiger partial charge >= 0.3 is 5.97 Å². The molecule has 0 bridgehead atoms. The predicted octanol–water partition coefficient (Wildman–Crippen LogP) is 4.44. The van der Waals surface area contributed by atoms with Crippen LogP contribution in [0.5, 0.6) is 5.75 Å². The standard InChI is InChI=1S/C11H7Br2FO3.C2H6/c12-6-1-5-2-7(11(15)16)9(4-14)17-10(5)8(13)3-6;1-2/h1-3,9H,4H2,(H,15,16);1-2H3. The minimum Gasteiger partial charge on any atom is -0.481 e. The van der Waals surface area contributed by atoms with Crippen LogP contribution in [0.15, 0.2) is 26.7 Å². The van der Waals surface area contributed by atoms with Crippen LogP contribution in [0.4, 0.5) is 4.39 Å². The van der Waals surface area contributed by atoms with E-state index >= 15 is 0 Å². The van der Waals surface area contributed by atoms with Gasteiger partial charge in [-0.15, -0.1) is 0 Å². The molecule has 0 saturated heterocycles. The van der Waals surface area contributed by atoms with Gasteiger partial charge < -0.3 is 9.84 Å². The average Bonchev–Trinajstić information content (AvgIpc) is 2.39. The number of carboxylic acid groups (broad SMARTS) is 1. The van der Waals surface area contributed by atoms with Crippen LogP contribution in [0.1, 0.15) is 19.4 Å². The Labute approximate surface area is 127 Å². The van der Waals surface area contributed by atoms with E-state index in [2.05, 4.69) is 31.9 Å². The Morgan fingerprint density at radius 3 is 2.58 bits per heavy atom. The monoisotopic (exact) mass is 394 g/mol. The van der Waals surface area contributed by atoms with Crippen LogP contribution in [0.25, 0.3) is 6.08 Å². The number of aliphatic carboxylic acids is 1. The Morgan fingerprint density at radius 2 is 2.05 bits per heavy atom. The first-order chi connectivity index (χ1) is 9.02.